The fourth-order valence-corrected chi connectivity index (χ4v) is 2.06. The zero-order chi connectivity index (χ0) is 12.0. The van der Waals surface area contributed by atoms with E-state index in [1.54, 1.807) is 11.3 Å². The minimum absolute atomic E-state index is 0.0379. The van der Waals surface area contributed by atoms with Crippen molar-refractivity contribution in [2.75, 3.05) is 0 Å². The minimum atomic E-state index is -0.944. The van der Waals surface area contributed by atoms with Gasteiger partial charge in [-0.1, -0.05) is 0 Å². The molecule has 0 aliphatic heterocycles. The highest BCUT2D eigenvalue weighted by Gasteiger charge is 2.09. The first-order chi connectivity index (χ1) is 7.58. The van der Waals surface area contributed by atoms with E-state index >= 15 is 0 Å². The molecule has 0 fully saturated rings. The average molecular weight is 241 g/mol. The fraction of sp³-hybridized carbons (Fsp3) is 0.455. The first kappa shape index (κ1) is 12.7. The summed E-state index contributed by atoms with van der Waals surface area (Å²) in [5, 5.41) is 15.2. The third-order valence-corrected chi connectivity index (χ3v) is 2.83. The lowest BCUT2D eigenvalue weighted by molar-refractivity contribution is -0.138. The molecular weight excluding hydrogens is 226 g/mol. The third-order valence-electron chi connectivity index (χ3n) is 2.10. The quantitative estimate of drug-likeness (QED) is 0.796. The molecule has 0 aliphatic carbocycles. The largest absolute Gasteiger partial charge is 0.481 e. The number of rotatable bonds is 6. The first-order valence-corrected chi connectivity index (χ1v) is 6.04. The molecule has 1 amide bonds. The van der Waals surface area contributed by atoms with Crippen molar-refractivity contribution in [1.82, 2.24) is 5.32 Å². The van der Waals surface area contributed by atoms with Crippen molar-refractivity contribution in [3.05, 3.63) is 22.4 Å². The molecule has 1 unspecified atom stereocenters. The average Bonchev–Trinajstić information content (AvgIpc) is 2.67. The van der Waals surface area contributed by atoms with Crippen LogP contribution in [0.3, 0.4) is 0 Å². The summed E-state index contributed by atoms with van der Waals surface area (Å²) in [6.45, 7) is 1.91. The minimum Gasteiger partial charge on any atom is -0.481 e. The molecule has 0 saturated heterocycles. The van der Waals surface area contributed by atoms with Crippen molar-refractivity contribution < 1.29 is 14.7 Å². The van der Waals surface area contributed by atoms with Crippen LogP contribution in [0.1, 0.15) is 25.3 Å². The Morgan fingerprint density at radius 3 is 2.81 bits per heavy atom. The molecule has 1 rings (SSSR count). The van der Waals surface area contributed by atoms with Crippen LogP contribution in [0.25, 0.3) is 0 Å². The van der Waals surface area contributed by atoms with Crippen LogP contribution in [-0.2, 0) is 16.0 Å². The first-order valence-electron chi connectivity index (χ1n) is 5.10. The number of nitrogens with one attached hydrogen (secondary N) is 1. The molecule has 0 saturated carbocycles. The maximum atomic E-state index is 11.3. The number of carbonyl (C=O) groups is 2. The molecule has 0 spiro atoms. The van der Waals surface area contributed by atoms with Gasteiger partial charge in [0.2, 0.25) is 5.91 Å². The number of amides is 1. The Kier molecular flexibility index (Phi) is 4.98. The van der Waals surface area contributed by atoms with Crippen molar-refractivity contribution in [3.8, 4) is 0 Å². The SMILES string of the molecule is CC(Cc1ccsc1)NC(=O)CCC(=O)O. The smallest absolute Gasteiger partial charge is 0.303 e. The van der Waals surface area contributed by atoms with Crippen LogP contribution in [-0.4, -0.2) is 23.0 Å². The monoisotopic (exact) mass is 241 g/mol. The predicted octanol–water partition coefficient (Wildman–Crippen LogP) is 1.66. The second-order valence-corrected chi connectivity index (χ2v) is 4.48. The molecule has 16 heavy (non-hydrogen) atoms. The van der Waals surface area contributed by atoms with Gasteiger partial charge in [0.05, 0.1) is 6.42 Å². The van der Waals surface area contributed by atoms with Gasteiger partial charge >= 0.3 is 5.97 Å². The third kappa shape index (κ3) is 4.93. The molecule has 0 aliphatic rings. The Bertz CT molecular complexity index is 348. The van der Waals surface area contributed by atoms with E-state index in [0.717, 1.165) is 6.42 Å². The van der Waals surface area contributed by atoms with E-state index in [-0.39, 0.29) is 24.8 Å². The molecule has 0 aromatic carbocycles. The maximum absolute atomic E-state index is 11.3. The van der Waals surface area contributed by atoms with Crippen molar-refractivity contribution in [2.24, 2.45) is 0 Å². The van der Waals surface area contributed by atoms with Crippen LogP contribution in [0.4, 0.5) is 0 Å². The van der Waals surface area contributed by atoms with Crippen LogP contribution in [0.2, 0.25) is 0 Å². The Hall–Kier alpha value is -1.36. The van der Waals surface area contributed by atoms with E-state index in [9.17, 15) is 9.59 Å². The van der Waals surface area contributed by atoms with E-state index in [2.05, 4.69) is 5.32 Å². The van der Waals surface area contributed by atoms with Gasteiger partial charge in [0.15, 0.2) is 0 Å². The molecule has 0 radical (unpaired) electrons. The topological polar surface area (TPSA) is 66.4 Å². The van der Waals surface area contributed by atoms with Gasteiger partial charge in [-0.25, -0.2) is 0 Å². The van der Waals surface area contributed by atoms with Crippen LogP contribution in [0, 0.1) is 0 Å². The van der Waals surface area contributed by atoms with Gasteiger partial charge < -0.3 is 10.4 Å². The van der Waals surface area contributed by atoms with Crippen molar-refractivity contribution >= 4 is 23.2 Å². The number of carbonyl (C=O) groups excluding carboxylic acids is 1. The van der Waals surface area contributed by atoms with Crippen LogP contribution in [0.15, 0.2) is 16.8 Å². The van der Waals surface area contributed by atoms with E-state index in [4.69, 9.17) is 5.11 Å². The molecule has 1 atom stereocenters. The normalized spacial score (nSPS) is 12.1. The van der Waals surface area contributed by atoms with Crippen LogP contribution < -0.4 is 5.32 Å². The van der Waals surface area contributed by atoms with E-state index in [1.807, 2.05) is 23.8 Å². The van der Waals surface area contributed by atoms with Gasteiger partial charge in [0.25, 0.3) is 0 Å². The Labute approximate surface area is 98.3 Å². The standard InChI is InChI=1S/C11H15NO3S/c1-8(6-9-4-5-16-7-9)12-10(13)2-3-11(14)15/h4-5,7-8H,2-3,6H2,1H3,(H,12,13)(H,14,15). The molecule has 1 heterocycles. The zero-order valence-corrected chi connectivity index (χ0v) is 9.92. The van der Waals surface area contributed by atoms with Crippen molar-refractivity contribution in [1.29, 1.82) is 0 Å². The van der Waals surface area contributed by atoms with Crippen molar-refractivity contribution in [2.45, 2.75) is 32.2 Å². The summed E-state index contributed by atoms with van der Waals surface area (Å²) in [5.74, 6) is -1.15. The molecule has 1 aromatic heterocycles. The summed E-state index contributed by atoms with van der Waals surface area (Å²) in [5.41, 5.74) is 1.19. The van der Waals surface area contributed by atoms with Gasteiger partial charge in [-0.05, 0) is 35.7 Å². The van der Waals surface area contributed by atoms with Crippen LogP contribution >= 0.6 is 11.3 Å². The lowest BCUT2D eigenvalue weighted by Gasteiger charge is -2.12. The summed E-state index contributed by atoms with van der Waals surface area (Å²) >= 11 is 1.62. The molecule has 4 nitrogen and oxygen atoms in total. The number of carboxylic acids is 1. The lowest BCUT2D eigenvalue weighted by Crippen LogP contribution is -2.34. The van der Waals surface area contributed by atoms with Gasteiger partial charge in [-0.2, -0.15) is 11.3 Å². The van der Waals surface area contributed by atoms with Crippen LogP contribution in [0.5, 0.6) is 0 Å². The summed E-state index contributed by atoms with van der Waals surface area (Å²) in [6, 6.07) is 2.06. The second-order valence-electron chi connectivity index (χ2n) is 3.70. The molecule has 0 bridgehead atoms. The maximum Gasteiger partial charge on any atom is 0.303 e. The summed E-state index contributed by atoms with van der Waals surface area (Å²) < 4.78 is 0. The Morgan fingerprint density at radius 2 is 2.25 bits per heavy atom. The zero-order valence-electron chi connectivity index (χ0n) is 9.10. The fourth-order valence-electron chi connectivity index (χ4n) is 1.38. The highest BCUT2D eigenvalue weighted by molar-refractivity contribution is 7.07. The van der Waals surface area contributed by atoms with Gasteiger partial charge in [-0.15, -0.1) is 0 Å². The molecule has 5 heteroatoms. The van der Waals surface area contributed by atoms with E-state index < -0.39 is 5.97 Å². The van der Waals surface area contributed by atoms with E-state index in [0.29, 0.717) is 0 Å². The lowest BCUT2D eigenvalue weighted by atomic mass is 10.1. The molecule has 1 aromatic rings. The summed E-state index contributed by atoms with van der Waals surface area (Å²) in [6.07, 6.45) is 0.711. The summed E-state index contributed by atoms with van der Waals surface area (Å²) in [4.78, 5) is 21.6. The molecular formula is C11H15NO3S. The van der Waals surface area contributed by atoms with Gasteiger partial charge in [0.1, 0.15) is 0 Å². The highest BCUT2D eigenvalue weighted by Crippen LogP contribution is 2.08. The highest BCUT2D eigenvalue weighted by atomic mass is 32.1. The number of aliphatic carboxylic acids is 1. The number of carboxylic acid groups (broad SMARTS) is 1. The number of thiophene rings is 1. The Morgan fingerprint density at radius 1 is 1.50 bits per heavy atom. The van der Waals surface area contributed by atoms with Crippen molar-refractivity contribution in [3.63, 3.8) is 0 Å². The van der Waals surface area contributed by atoms with E-state index in [1.165, 1.54) is 5.56 Å². The second kappa shape index (κ2) is 6.27. The summed E-state index contributed by atoms with van der Waals surface area (Å²) in [7, 11) is 0. The molecule has 2 N–H and O–H groups in total. The van der Waals surface area contributed by atoms with Gasteiger partial charge in [0, 0.05) is 12.5 Å². The predicted molar refractivity (Wildman–Crippen MR) is 62.5 cm³/mol. The number of hydrogen-bond acceptors (Lipinski definition) is 3. The molecule has 88 valence electrons. The number of hydrogen-bond donors (Lipinski definition) is 2. The Balaban J connectivity index is 2.25. The van der Waals surface area contributed by atoms with Gasteiger partial charge in [-0.3, -0.25) is 9.59 Å².